The number of nitrogens with zero attached hydrogens (tertiary/aromatic N) is 3. The van der Waals surface area contributed by atoms with Crippen molar-refractivity contribution in [1.29, 1.82) is 5.26 Å². The van der Waals surface area contributed by atoms with E-state index in [1.807, 2.05) is 36.1 Å². The molecule has 1 aliphatic heterocycles. The molecular formula is C16H15N3O2. The Bertz CT molecular complexity index is 751. The van der Waals surface area contributed by atoms with Gasteiger partial charge in [-0.05, 0) is 12.0 Å². The van der Waals surface area contributed by atoms with Crippen molar-refractivity contribution in [1.82, 2.24) is 4.98 Å². The monoisotopic (exact) mass is 281 g/mol. The highest BCUT2D eigenvalue weighted by Crippen LogP contribution is 2.35. The minimum absolute atomic E-state index is 0.0565. The van der Waals surface area contributed by atoms with Crippen LogP contribution in [0.2, 0.25) is 0 Å². The van der Waals surface area contributed by atoms with Crippen LogP contribution in [0.15, 0.2) is 30.5 Å². The van der Waals surface area contributed by atoms with Crippen LogP contribution in [0.3, 0.4) is 0 Å². The van der Waals surface area contributed by atoms with Crippen LogP contribution in [0.25, 0.3) is 10.9 Å². The average molecular weight is 281 g/mol. The van der Waals surface area contributed by atoms with E-state index in [1.54, 1.807) is 6.20 Å². The van der Waals surface area contributed by atoms with Gasteiger partial charge in [0.2, 0.25) is 0 Å². The van der Waals surface area contributed by atoms with Gasteiger partial charge in [0.25, 0.3) is 0 Å². The molecule has 21 heavy (non-hydrogen) atoms. The number of pyridine rings is 1. The van der Waals surface area contributed by atoms with Gasteiger partial charge >= 0.3 is 5.97 Å². The van der Waals surface area contributed by atoms with Crippen LogP contribution >= 0.6 is 0 Å². The minimum Gasteiger partial charge on any atom is -0.481 e. The zero-order chi connectivity index (χ0) is 15.0. The lowest BCUT2D eigenvalue weighted by Gasteiger charge is -2.21. The Morgan fingerprint density at radius 3 is 2.86 bits per heavy atom. The van der Waals surface area contributed by atoms with Gasteiger partial charge in [0.15, 0.2) is 0 Å². The SMILES string of the molecule is CC1CN(c2c(C#N)cnc3ccccc23)CC1C(=O)O. The maximum absolute atomic E-state index is 11.3. The number of aliphatic carboxylic acids is 1. The smallest absolute Gasteiger partial charge is 0.308 e. The number of carboxylic acid groups (broad SMARTS) is 1. The minimum atomic E-state index is -0.776. The summed E-state index contributed by atoms with van der Waals surface area (Å²) < 4.78 is 0. The van der Waals surface area contributed by atoms with Crippen molar-refractivity contribution in [2.24, 2.45) is 11.8 Å². The second kappa shape index (κ2) is 5.06. The zero-order valence-electron chi connectivity index (χ0n) is 11.7. The molecule has 1 aromatic carbocycles. The van der Waals surface area contributed by atoms with Crippen LogP contribution in [-0.2, 0) is 4.79 Å². The van der Waals surface area contributed by atoms with Crippen molar-refractivity contribution in [3.05, 3.63) is 36.0 Å². The molecular weight excluding hydrogens is 266 g/mol. The normalized spacial score (nSPS) is 21.4. The number of carboxylic acids is 1. The molecule has 0 saturated carbocycles. The highest BCUT2D eigenvalue weighted by molar-refractivity contribution is 5.94. The molecule has 5 nitrogen and oxygen atoms in total. The maximum atomic E-state index is 11.3. The van der Waals surface area contributed by atoms with E-state index in [9.17, 15) is 15.2 Å². The second-order valence-electron chi connectivity index (χ2n) is 5.48. The van der Waals surface area contributed by atoms with Crippen LogP contribution in [0.1, 0.15) is 12.5 Å². The molecule has 0 amide bonds. The molecule has 1 aromatic heterocycles. The van der Waals surface area contributed by atoms with Crippen LogP contribution in [0.4, 0.5) is 5.69 Å². The van der Waals surface area contributed by atoms with Crippen molar-refractivity contribution < 1.29 is 9.90 Å². The summed E-state index contributed by atoms with van der Waals surface area (Å²) in [5.41, 5.74) is 2.11. The largest absolute Gasteiger partial charge is 0.481 e. The van der Waals surface area contributed by atoms with E-state index in [0.717, 1.165) is 16.6 Å². The van der Waals surface area contributed by atoms with Gasteiger partial charge in [0, 0.05) is 24.7 Å². The van der Waals surface area contributed by atoms with E-state index < -0.39 is 11.9 Å². The average Bonchev–Trinajstić information content (AvgIpc) is 2.87. The van der Waals surface area contributed by atoms with Crippen molar-refractivity contribution in [2.75, 3.05) is 18.0 Å². The molecule has 0 bridgehead atoms. The Morgan fingerprint density at radius 2 is 2.19 bits per heavy atom. The molecule has 2 aromatic rings. The number of carbonyl (C=O) groups is 1. The molecule has 3 rings (SSSR count). The molecule has 1 N–H and O–H groups in total. The molecule has 1 saturated heterocycles. The Labute approximate surface area is 122 Å². The molecule has 0 radical (unpaired) electrons. The van der Waals surface area contributed by atoms with E-state index in [1.165, 1.54) is 0 Å². The fraction of sp³-hybridized carbons (Fsp3) is 0.312. The van der Waals surface area contributed by atoms with E-state index in [0.29, 0.717) is 18.7 Å². The van der Waals surface area contributed by atoms with Gasteiger partial charge < -0.3 is 10.0 Å². The van der Waals surface area contributed by atoms with E-state index in [4.69, 9.17) is 0 Å². The molecule has 0 spiro atoms. The molecule has 106 valence electrons. The van der Waals surface area contributed by atoms with Crippen LogP contribution in [0, 0.1) is 23.2 Å². The second-order valence-corrected chi connectivity index (χ2v) is 5.48. The molecule has 2 heterocycles. The Balaban J connectivity index is 2.12. The zero-order valence-corrected chi connectivity index (χ0v) is 11.7. The van der Waals surface area contributed by atoms with E-state index >= 15 is 0 Å². The quantitative estimate of drug-likeness (QED) is 0.913. The Kier molecular flexibility index (Phi) is 3.22. The Morgan fingerprint density at radius 1 is 1.43 bits per heavy atom. The fourth-order valence-corrected chi connectivity index (χ4v) is 3.02. The number of aromatic nitrogens is 1. The lowest BCUT2D eigenvalue weighted by atomic mass is 9.99. The molecule has 1 aliphatic rings. The van der Waals surface area contributed by atoms with Crippen molar-refractivity contribution in [3.8, 4) is 6.07 Å². The van der Waals surface area contributed by atoms with E-state index in [-0.39, 0.29) is 5.92 Å². The number of para-hydroxylation sites is 1. The number of benzene rings is 1. The van der Waals surface area contributed by atoms with Crippen LogP contribution < -0.4 is 4.90 Å². The van der Waals surface area contributed by atoms with Crippen molar-refractivity contribution in [3.63, 3.8) is 0 Å². The first-order valence-electron chi connectivity index (χ1n) is 6.87. The first-order valence-corrected chi connectivity index (χ1v) is 6.87. The van der Waals surface area contributed by atoms with Gasteiger partial charge in [-0.3, -0.25) is 9.78 Å². The molecule has 2 atom stereocenters. The van der Waals surface area contributed by atoms with Gasteiger partial charge in [-0.15, -0.1) is 0 Å². The lowest BCUT2D eigenvalue weighted by molar-refractivity contribution is -0.142. The van der Waals surface area contributed by atoms with Gasteiger partial charge in [0.1, 0.15) is 6.07 Å². The molecule has 0 aliphatic carbocycles. The number of rotatable bonds is 2. The Hall–Kier alpha value is -2.61. The molecule has 1 fully saturated rings. The summed E-state index contributed by atoms with van der Waals surface area (Å²) in [5, 5.41) is 19.5. The summed E-state index contributed by atoms with van der Waals surface area (Å²) in [6, 6.07) is 9.80. The third kappa shape index (κ3) is 2.19. The highest BCUT2D eigenvalue weighted by Gasteiger charge is 2.36. The molecule has 5 heteroatoms. The first kappa shape index (κ1) is 13.4. The predicted molar refractivity (Wildman–Crippen MR) is 79.0 cm³/mol. The highest BCUT2D eigenvalue weighted by atomic mass is 16.4. The topological polar surface area (TPSA) is 77.2 Å². The summed E-state index contributed by atoms with van der Waals surface area (Å²) in [5.74, 6) is -1.12. The first-order chi connectivity index (χ1) is 10.1. The van der Waals surface area contributed by atoms with Gasteiger partial charge in [-0.25, -0.2) is 0 Å². The van der Waals surface area contributed by atoms with Crippen molar-refractivity contribution >= 4 is 22.6 Å². The lowest BCUT2D eigenvalue weighted by Crippen LogP contribution is -2.24. The predicted octanol–water partition coefficient (Wildman–Crippen LogP) is 2.26. The number of hydrogen-bond acceptors (Lipinski definition) is 4. The van der Waals surface area contributed by atoms with E-state index in [2.05, 4.69) is 11.1 Å². The maximum Gasteiger partial charge on any atom is 0.308 e. The number of anilines is 1. The number of nitriles is 1. The summed E-state index contributed by atoms with van der Waals surface area (Å²) >= 11 is 0. The summed E-state index contributed by atoms with van der Waals surface area (Å²) in [6.07, 6.45) is 1.57. The van der Waals surface area contributed by atoms with Crippen LogP contribution in [-0.4, -0.2) is 29.1 Å². The summed E-state index contributed by atoms with van der Waals surface area (Å²) in [4.78, 5) is 17.6. The van der Waals surface area contributed by atoms with Gasteiger partial charge in [-0.1, -0.05) is 25.1 Å². The van der Waals surface area contributed by atoms with Gasteiger partial charge in [-0.2, -0.15) is 5.26 Å². The number of fused-ring (bicyclic) bond motifs is 1. The summed E-state index contributed by atoms with van der Waals surface area (Å²) in [7, 11) is 0. The fourth-order valence-electron chi connectivity index (χ4n) is 3.02. The molecule has 2 unspecified atom stereocenters. The standard InChI is InChI=1S/C16H15N3O2/c1-10-8-19(9-13(10)16(20)21)15-11(6-17)7-18-14-5-3-2-4-12(14)15/h2-5,7,10,13H,8-9H2,1H3,(H,20,21). The van der Waals surface area contributed by atoms with Gasteiger partial charge in [0.05, 0.1) is 22.7 Å². The third-order valence-corrected chi connectivity index (χ3v) is 4.11. The third-order valence-electron chi connectivity index (χ3n) is 4.11. The van der Waals surface area contributed by atoms with Crippen LogP contribution in [0.5, 0.6) is 0 Å². The van der Waals surface area contributed by atoms with Crippen molar-refractivity contribution in [2.45, 2.75) is 6.92 Å². The number of hydrogen-bond donors (Lipinski definition) is 1. The summed E-state index contributed by atoms with van der Waals surface area (Å²) in [6.45, 7) is 3.01.